The highest BCUT2D eigenvalue weighted by molar-refractivity contribution is 6.09. The van der Waals surface area contributed by atoms with Crippen LogP contribution in [-0.2, 0) is 28.7 Å². The molecular formula is C16H25N3O6. The van der Waals surface area contributed by atoms with Crippen molar-refractivity contribution in [3.05, 3.63) is 0 Å². The van der Waals surface area contributed by atoms with Gasteiger partial charge in [0, 0.05) is 33.3 Å². The fraction of sp³-hybridized carbons (Fsp3) is 0.750. The highest BCUT2D eigenvalue weighted by atomic mass is 16.5. The van der Waals surface area contributed by atoms with Gasteiger partial charge in [-0.05, 0) is 13.8 Å². The predicted molar refractivity (Wildman–Crippen MR) is 86.2 cm³/mol. The molecule has 9 nitrogen and oxygen atoms in total. The van der Waals surface area contributed by atoms with Crippen molar-refractivity contribution in [2.24, 2.45) is 11.8 Å². The summed E-state index contributed by atoms with van der Waals surface area (Å²) in [4.78, 5) is 52.1. The van der Waals surface area contributed by atoms with Crippen molar-refractivity contribution in [2.45, 2.75) is 25.4 Å². The number of likely N-dealkylation sites (tertiary alicyclic amines) is 1. The zero-order valence-corrected chi connectivity index (χ0v) is 15.2. The number of nitrogens with zero attached hydrogens (tertiary/aromatic N) is 2. The molecule has 0 unspecified atom stereocenters. The van der Waals surface area contributed by atoms with E-state index in [-0.39, 0.29) is 25.0 Å². The Bertz CT molecular complexity index is 594. The second kappa shape index (κ2) is 7.09. The number of fused-ring (bicyclic) bond motifs is 1. The van der Waals surface area contributed by atoms with Gasteiger partial charge in [0.2, 0.25) is 17.7 Å². The average Bonchev–Trinajstić information content (AvgIpc) is 3.01. The number of imide groups is 1. The number of likely N-dealkylation sites (N-methyl/N-ethyl adjacent to an activating group) is 1. The van der Waals surface area contributed by atoms with Crippen LogP contribution in [0.25, 0.3) is 0 Å². The summed E-state index contributed by atoms with van der Waals surface area (Å²) in [6.45, 7) is 3.92. The van der Waals surface area contributed by atoms with Gasteiger partial charge in [0.1, 0.15) is 12.1 Å². The third kappa shape index (κ3) is 3.02. The summed E-state index contributed by atoms with van der Waals surface area (Å²) in [7, 11) is 4.08. The molecule has 0 aromatic heterocycles. The number of hydrogen-bond acceptors (Lipinski definition) is 7. The van der Waals surface area contributed by atoms with Crippen molar-refractivity contribution in [3.8, 4) is 0 Å². The van der Waals surface area contributed by atoms with Gasteiger partial charge in [-0.2, -0.15) is 0 Å². The normalized spacial score (nSPS) is 31.2. The van der Waals surface area contributed by atoms with Gasteiger partial charge in [-0.25, -0.2) is 0 Å². The fourth-order valence-electron chi connectivity index (χ4n) is 3.83. The number of carbonyl (C=O) groups is 4. The van der Waals surface area contributed by atoms with E-state index in [0.717, 1.165) is 4.90 Å². The molecule has 25 heavy (non-hydrogen) atoms. The molecule has 0 spiro atoms. The van der Waals surface area contributed by atoms with Crippen LogP contribution in [0.4, 0.5) is 0 Å². The second-order valence-corrected chi connectivity index (χ2v) is 6.55. The summed E-state index contributed by atoms with van der Waals surface area (Å²) in [5.74, 6) is -3.16. The first-order valence-corrected chi connectivity index (χ1v) is 8.17. The lowest BCUT2D eigenvalue weighted by Crippen LogP contribution is -2.56. The molecule has 2 aliphatic rings. The summed E-state index contributed by atoms with van der Waals surface area (Å²) >= 11 is 0. The Kier molecular flexibility index (Phi) is 5.48. The molecule has 2 fully saturated rings. The molecule has 0 saturated carbocycles. The molecule has 9 heteroatoms. The van der Waals surface area contributed by atoms with Crippen LogP contribution in [0.15, 0.2) is 0 Å². The van der Waals surface area contributed by atoms with E-state index < -0.39 is 35.3 Å². The Morgan fingerprint density at radius 2 is 1.92 bits per heavy atom. The Hall–Kier alpha value is -2.00. The number of esters is 1. The Morgan fingerprint density at radius 1 is 1.28 bits per heavy atom. The van der Waals surface area contributed by atoms with Crippen LogP contribution in [0, 0.1) is 11.8 Å². The van der Waals surface area contributed by atoms with E-state index in [1.165, 1.54) is 26.2 Å². The van der Waals surface area contributed by atoms with Crippen molar-refractivity contribution in [2.75, 3.05) is 41.0 Å². The van der Waals surface area contributed by atoms with E-state index >= 15 is 0 Å². The summed E-state index contributed by atoms with van der Waals surface area (Å²) in [6.07, 6.45) is 0. The van der Waals surface area contributed by atoms with E-state index in [0.29, 0.717) is 6.54 Å². The van der Waals surface area contributed by atoms with E-state index in [1.54, 1.807) is 6.92 Å². The first-order chi connectivity index (χ1) is 11.7. The van der Waals surface area contributed by atoms with E-state index in [1.807, 2.05) is 6.92 Å². The molecule has 0 aliphatic carbocycles. The van der Waals surface area contributed by atoms with Gasteiger partial charge in [-0.3, -0.25) is 29.4 Å². The standard InChI is InChI=1S/C16H25N3O6/c1-6-19(10(20)8-24-4)7-9-11-12(14(22)18(3)13(11)21)16(2,17-9)15(23)25-5/h9,11-12,17H,6-8H2,1-5H3/t9-,11+,12-,16-/m1/s1. The van der Waals surface area contributed by atoms with Crippen molar-refractivity contribution in [1.29, 1.82) is 0 Å². The van der Waals surface area contributed by atoms with Crippen molar-refractivity contribution in [1.82, 2.24) is 15.1 Å². The first-order valence-electron chi connectivity index (χ1n) is 8.17. The molecule has 4 atom stereocenters. The second-order valence-electron chi connectivity index (χ2n) is 6.55. The molecule has 0 bridgehead atoms. The summed E-state index contributed by atoms with van der Waals surface area (Å²) < 4.78 is 9.72. The predicted octanol–water partition coefficient (Wildman–Crippen LogP) is -1.38. The van der Waals surface area contributed by atoms with Crippen molar-refractivity contribution < 1.29 is 28.7 Å². The third-order valence-electron chi connectivity index (χ3n) is 5.14. The number of nitrogens with one attached hydrogen (secondary N) is 1. The minimum Gasteiger partial charge on any atom is -0.468 e. The lowest BCUT2D eigenvalue weighted by molar-refractivity contribution is -0.152. The van der Waals surface area contributed by atoms with Crippen LogP contribution in [0.2, 0.25) is 0 Å². The van der Waals surface area contributed by atoms with Gasteiger partial charge in [0.25, 0.3) is 0 Å². The molecular weight excluding hydrogens is 330 g/mol. The summed E-state index contributed by atoms with van der Waals surface area (Å²) in [6, 6.07) is -0.531. The number of carbonyl (C=O) groups excluding carboxylic acids is 4. The highest BCUT2D eigenvalue weighted by Crippen LogP contribution is 2.43. The number of rotatable bonds is 6. The molecule has 0 aromatic rings. The van der Waals surface area contributed by atoms with E-state index in [2.05, 4.69) is 5.32 Å². The number of hydrogen-bond donors (Lipinski definition) is 1. The quantitative estimate of drug-likeness (QED) is 0.462. The third-order valence-corrected chi connectivity index (χ3v) is 5.14. The van der Waals surface area contributed by atoms with Crippen molar-refractivity contribution in [3.63, 3.8) is 0 Å². The van der Waals surface area contributed by atoms with Crippen molar-refractivity contribution >= 4 is 23.7 Å². The number of ether oxygens (including phenoxy) is 2. The van der Waals surface area contributed by atoms with Crippen LogP contribution >= 0.6 is 0 Å². The van der Waals surface area contributed by atoms with E-state index in [4.69, 9.17) is 9.47 Å². The highest BCUT2D eigenvalue weighted by Gasteiger charge is 2.66. The topological polar surface area (TPSA) is 105 Å². The van der Waals surface area contributed by atoms with Crippen LogP contribution in [0.1, 0.15) is 13.8 Å². The van der Waals surface area contributed by atoms with Gasteiger partial charge in [-0.1, -0.05) is 0 Å². The summed E-state index contributed by atoms with van der Waals surface area (Å²) in [5, 5.41) is 3.09. The molecule has 2 heterocycles. The zero-order valence-electron chi connectivity index (χ0n) is 15.2. The molecule has 0 aromatic carbocycles. The molecule has 1 N–H and O–H groups in total. The minimum absolute atomic E-state index is 0.0737. The lowest BCUT2D eigenvalue weighted by Gasteiger charge is -2.30. The van der Waals surface area contributed by atoms with Crippen LogP contribution in [0.5, 0.6) is 0 Å². The molecule has 2 rings (SSSR count). The van der Waals surface area contributed by atoms with Crippen LogP contribution in [-0.4, -0.2) is 86.0 Å². The Balaban J connectivity index is 2.33. The fourth-order valence-corrected chi connectivity index (χ4v) is 3.83. The minimum atomic E-state index is -1.31. The largest absolute Gasteiger partial charge is 0.468 e. The maximum atomic E-state index is 12.6. The van der Waals surface area contributed by atoms with E-state index in [9.17, 15) is 19.2 Å². The van der Waals surface area contributed by atoms with Gasteiger partial charge in [-0.15, -0.1) is 0 Å². The Morgan fingerprint density at radius 3 is 2.44 bits per heavy atom. The van der Waals surface area contributed by atoms with Gasteiger partial charge in [0.15, 0.2) is 0 Å². The Labute approximate surface area is 146 Å². The smallest absolute Gasteiger partial charge is 0.326 e. The monoisotopic (exact) mass is 355 g/mol. The lowest BCUT2D eigenvalue weighted by atomic mass is 9.81. The molecule has 0 radical (unpaired) electrons. The van der Waals surface area contributed by atoms with Crippen LogP contribution in [0.3, 0.4) is 0 Å². The SMILES string of the molecule is CCN(C[C@H]1N[C@@](C)(C(=O)OC)[C@H]2C(=O)N(C)C(=O)[C@@H]12)C(=O)COC. The molecule has 3 amide bonds. The molecule has 2 aliphatic heterocycles. The zero-order chi connectivity index (χ0) is 18.9. The van der Waals surface area contributed by atoms with Crippen LogP contribution < -0.4 is 5.32 Å². The average molecular weight is 355 g/mol. The van der Waals surface area contributed by atoms with Gasteiger partial charge >= 0.3 is 5.97 Å². The summed E-state index contributed by atoms with van der Waals surface area (Å²) in [5.41, 5.74) is -1.31. The molecule has 2 saturated heterocycles. The van der Waals surface area contributed by atoms with Gasteiger partial charge in [0.05, 0.1) is 18.9 Å². The molecule has 140 valence electrons. The van der Waals surface area contributed by atoms with Gasteiger partial charge < -0.3 is 14.4 Å². The maximum absolute atomic E-state index is 12.6. The number of methoxy groups -OCH3 is 2. The first kappa shape index (κ1) is 19.3. The number of amides is 3. The maximum Gasteiger partial charge on any atom is 0.326 e.